The summed E-state index contributed by atoms with van der Waals surface area (Å²) in [5.74, 6) is -0.857. The van der Waals surface area contributed by atoms with E-state index in [0.717, 1.165) is 5.57 Å². The Hall–Kier alpha value is -5.13. The summed E-state index contributed by atoms with van der Waals surface area (Å²) in [6, 6.07) is 12.4. The van der Waals surface area contributed by atoms with Crippen LogP contribution in [-0.4, -0.2) is 22.3 Å². The number of phenolic OH excluding ortho intramolecular Hbond substituents is 2. The van der Waals surface area contributed by atoms with Crippen LogP contribution in [0, 0.1) is 6.92 Å². The molecule has 5 rings (SSSR count). The summed E-state index contributed by atoms with van der Waals surface area (Å²) in [6.45, 7) is 5.15. The van der Waals surface area contributed by atoms with Gasteiger partial charge in [0.25, 0.3) is 5.91 Å². The summed E-state index contributed by atoms with van der Waals surface area (Å²) >= 11 is 0. The second-order valence-electron chi connectivity index (χ2n) is 10.3. The number of hydrogen-bond donors (Lipinski definition) is 3. The molecule has 3 aromatic carbocycles. The summed E-state index contributed by atoms with van der Waals surface area (Å²) in [6.07, 6.45) is -2.39. The first-order valence-electron chi connectivity index (χ1n) is 13.1. The van der Waals surface area contributed by atoms with Crippen molar-refractivity contribution < 1.29 is 37.3 Å². The summed E-state index contributed by atoms with van der Waals surface area (Å²) in [5, 5.41) is 29.6. The molecule has 12 heteroatoms. The Morgan fingerprint density at radius 1 is 1.05 bits per heavy atom. The van der Waals surface area contributed by atoms with Crippen LogP contribution in [0.3, 0.4) is 0 Å². The van der Waals surface area contributed by atoms with E-state index >= 15 is 0 Å². The smallest absolute Gasteiger partial charge is 0.442 e. The quantitative estimate of drug-likeness (QED) is 0.148. The molecule has 222 valence electrons. The Balaban J connectivity index is 1.48. The maximum Gasteiger partial charge on any atom is 0.442 e. The number of alkyl halides is 3. The number of aryl methyl sites for hydroxylation is 1. The highest BCUT2D eigenvalue weighted by Gasteiger charge is 2.65. The lowest BCUT2D eigenvalue weighted by Crippen LogP contribution is -2.30. The van der Waals surface area contributed by atoms with Crippen molar-refractivity contribution in [3.8, 4) is 17.2 Å². The molecule has 4 aromatic rings. The molecule has 1 aromatic heterocycles. The molecule has 0 radical (unpaired) electrons. The lowest BCUT2D eigenvalue weighted by molar-refractivity contribution is -0.166. The van der Waals surface area contributed by atoms with Gasteiger partial charge in [-0.25, -0.2) is 4.79 Å². The molecule has 0 bridgehead atoms. The monoisotopic (exact) mass is 593 g/mol. The molecule has 0 saturated carbocycles. The minimum absolute atomic E-state index is 0.00905. The van der Waals surface area contributed by atoms with Gasteiger partial charge in [0.15, 0.2) is 11.4 Å². The SMILES string of the molecule is CC(C)=CCc1cc(C(=O)Nc2c(OCc3ccc(C4(C(F)(F)F)N=N4)cc3)c3ccc(O)c(C)c3oc2=O)ccc1O. The average molecular weight is 594 g/mol. The van der Waals surface area contributed by atoms with E-state index in [9.17, 15) is 33.0 Å². The van der Waals surface area contributed by atoms with Gasteiger partial charge in [0, 0.05) is 16.7 Å². The Labute approximate surface area is 243 Å². The molecule has 1 amide bonds. The molecule has 3 N–H and O–H groups in total. The number of fused-ring (bicyclic) bond motifs is 1. The largest absolute Gasteiger partial charge is 0.508 e. The van der Waals surface area contributed by atoms with Crippen LogP contribution < -0.4 is 15.7 Å². The fourth-order valence-corrected chi connectivity index (χ4v) is 4.44. The molecule has 0 fully saturated rings. The Morgan fingerprint density at radius 2 is 1.72 bits per heavy atom. The number of aromatic hydroxyl groups is 2. The number of hydrogen-bond acceptors (Lipinski definition) is 8. The fraction of sp³-hybridized carbons (Fsp3) is 0.226. The third-order valence-electron chi connectivity index (χ3n) is 6.99. The van der Waals surface area contributed by atoms with E-state index in [0.29, 0.717) is 17.5 Å². The van der Waals surface area contributed by atoms with E-state index in [-0.39, 0.29) is 57.2 Å². The zero-order valence-electron chi connectivity index (χ0n) is 23.2. The van der Waals surface area contributed by atoms with Crippen LogP contribution in [0.5, 0.6) is 17.2 Å². The van der Waals surface area contributed by atoms with Gasteiger partial charge in [-0.15, -0.1) is 10.2 Å². The summed E-state index contributed by atoms with van der Waals surface area (Å²) < 4.78 is 51.5. The number of amides is 1. The highest BCUT2D eigenvalue weighted by Crippen LogP contribution is 2.52. The van der Waals surface area contributed by atoms with Crippen molar-refractivity contribution in [1.82, 2.24) is 0 Å². The van der Waals surface area contributed by atoms with Crippen LogP contribution in [0.1, 0.15) is 46.5 Å². The van der Waals surface area contributed by atoms with Crippen molar-refractivity contribution in [2.75, 3.05) is 5.32 Å². The van der Waals surface area contributed by atoms with Gasteiger partial charge >= 0.3 is 17.5 Å². The minimum atomic E-state index is -4.66. The predicted molar refractivity (Wildman–Crippen MR) is 151 cm³/mol. The van der Waals surface area contributed by atoms with Gasteiger partial charge in [-0.3, -0.25) is 4.79 Å². The number of anilines is 1. The van der Waals surface area contributed by atoms with E-state index in [4.69, 9.17) is 9.15 Å². The fourth-order valence-electron chi connectivity index (χ4n) is 4.44. The lowest BCUT2D eigenvalue weighted by atomic mass is 10.0. The maximum atomic E-state index is 13.4. The maximum absolute atomic E-state index is 13.4. The number of halogens is 3. The van der Waals surface area contributed by atoms with Crippen molar-refractivity contribution in [2.24, 2.45) is 10.2 Å². The highest BCUT2D eigenvalue weighted by atomic mass is 19.4. The molecule has 1 aliphatic heterocycles. The number of nitrogens with one attached hydrogen (secondary N) is 1. The number of benzene rings is 3. The Bertz CT molecular complexity index is 1850. The van der Waals surface area contributed by atoms with Crippen LogP contribution in [0.25, 0.3) is 11.0 Å². The van der Waals surface area contributed by atoms with E-state index < -0.39 is 23.4 Å². The highest BCUT2D eigenvalue weighted by molar-refractivity contribution is 6.06. The van der Waals surface area contributed by atoms with Gasteiger partial charge in [-0.05, 0) is 68.7 Å². The topological polar surface area (TPSA) is 134 Å². The van der Waals surface area contributed by atoms with Gasteiger partial charge in [0.2, 0.25) is 0 Å². The number of nitrogens with zero attached hydrogens (tertiary/aromatic N) is 2. The molecule has 0 saturated heterocycles. The van der Waals surface area contributed by atoms with Gasteiger partial charge in [0.1, 0.15) is 23.7 Å². The molecule has 2 heterocycles. The third kappa shape index (κ3) is 5.68. The molecule has 0 spiro atoms. The van der Waals surface area contributed by atoms with Crippen molar-refractivity contribution in [2.45, 2.75) is 45.6 Å². The summed E-state index contributed by atoms with van der Waals surface area (Å²) in [5.41, 5.74) is -1.53. The molecule has 43 heavy (non-hydrogen) atoms. The molecule has 0 atom stereocenters. The van der Waals surface area contributed by atoms with Crippen molar-refractivity contribution in [3.05, 3.63) is 104 Å². The van der Waals surface area contributed by atoms with Crippen LogP contribution in [0.15, 0.2) is 85.7 Å². The predicted octanol–water partition coefficient (Wildman–Crippen LogP) is 7.03. The van der Waals surface area contributed by atoms with Crippen LogP contribution in [0.2, 0.25) is 0 Å². The molecular weight excluding hydrogens is 567 g/mol. The number of rotatable bonds is 8. The van der Waals surface area contributed by atoms with Gasteiger partial charge in [0.05, 0.1) is 5.39 Å². The standard InChI is InChI=1S/C31H26F3N3O6/c1-16(2)4-7-19-14-20(8-12-24(19)39)28(40)35-25-27(22-11-13-23(38)17(3)26(22)43-29(25)41)42-15-18-5-9-21(10-6-18)30(36-37-30)31(32,33)34/h4-6,8-14,38-39H,7,15H2,1-3H3,(H,35,40). The Morgan fingerprint density at radius 3 is 2.35 bits per heavy atom. The van der Waals surface area contributed by atoms with Gasteiger partial charge < -0.3 is 24.7 Å². The number of carbonyl (C=O) groups is 1. The molecule has 0 unspecified atom stereocenters. The van der Waals surface area contributed by atoms with E-state index in [1.807, 2.05) is 19.9 Å². The van der Waals surface area contributed by atoms with Gasteiger partial charge in [-0.1, -0.05) is 35.9 Å². The molecule has 1 aliphatic rings. The van der Waals surface area contributed by atoms with E-state index in [1.54, 1.807) is 0 Å². The van der Waals surface area contributed by atoms with E-state index in [1.165, 1.54) is 61.5 Å². The first-order chi connectivity index (χ1) is 20.3. The van der Waals surface area contributed by atoms with Crippen LogP contribution in [0.4, 0.5) is 18.9 Å². The number of carbonyl (C=O) groups excluding carboxylic acids is 1. The van der Waals surface area contributed by atoms with Crippen molar-refractivity contribution >= 4 is 22.6 Å². The van der Waals surface area contributed by atoms with E-state index in [2.05, 4.69) is 15.5 Å². The third-order valence-corrected chi connectivity index (χ3v) is 6.99. The minimum Gasteiger partial charge on any atom is -0.508 e. The molecular formula is C31H26F3N3O6. The van der Waals surface area contributed by atoms with Crippen LogP contribution in [-0.2, 0) is 18.7 Å². The summed E-state index contributed by atoms with van der Waals surface area (Å²) in [4.78, 5) is 26.4. The zero-order valence-corrected chi connectivity index (χ0v) is 23.2. The number of allylic oxidation sites excluding steroid dienone is 2. The summed E-state index contributed by atoms with van der Waals surface area (Å²) in [7, 11) is 0. The van der Waals surface area contributed by atoms with Crippen molar-refractivity contribution in [1.29, 1.82) is 0 Å². The lowest BCUT2D eigenvalue weighted by Gasteiger charge is -2.17. The average Bonchev–Trinajstić information content (AvgIpc) is 3.78. The Kier molecular flexibility index (Phi) is 7.47. The first-order valence-corrected chi connectivity index (χ1v) is 13.1. The molecule has 9 nitrogen and oxygen atoms in total. The first kappa shape index (κ1) is 29.4. The number of phenols is 2. The van der Waals surface area contributed by atoms with Crippen molar-refractivity contribution in [3.63, 3.8) is 0 Å². The zero-order chi connectivity index (χ0) is 31.1. The normalized spacial score (nSPS) is 13.5. The van der Waals surface area contributed by atoms with Gasteiger partial charge in [-0.2, -0.15) is 13.2 Å². The second-order valence-corrected chi connectivity index (χ2v) is 10.3. The second kappa shape index (κ2) is 10.9. The van der Waals surface area contributed by atoms with Crippen LogP contribution >= 0.6 is 0 Å². The number of ether oxygens (including phenoxy) is 1. The molecule has 0 aliphatic carbocycles.